The van der Waals surface area contributed by atoms with Crippen LogP contribution >= 0.6 is 22.7 Å². The summed E-state index contributed by atoms with van der Waals surface area (Å²) in [7, 11) is 3.49. The lowest BCUT2D eigenvalue weighted by Crippen LogP contribution is -1.84. The molecule has 0 amide bonds. The van der Waals surface area contributed by atoms with E-state index in [1.165, 1.54) is 11.3 Å². The van der Waals surface area contributed by atoms with Crippen molar-refractivity contribution in [1.82, 2.24) is 15.2 Å². The van der Waals surface area contributed by atoms with Gasteiger partial charge in [-0.1, -0.05) is 23.5 Å². The molecule has 0 saturated heterocycles. The van der Waals surface area contributed by atoms with Gasteiger partial charge < -0.3 is 10.1 Å². The van der Waals surface area contributed by atoms with E-state index in [0.29, 0.717) is 0 Å². The third-order valence-corrected chi connectivity index (χ3v) is 4.53. The van der Waals surface area contributed by atoms with Gasteiger partial charge in [-0.15, -0.1) is 21.5 Å². The number of rotatable bonds is 4. The lowest BCUT2D eigenvalue weighted by molar-refractivity contribution is 0.415. The first kappa shape index (κ1) is 13.0. The molecular formula is C13H12N4OS2. The fourth-order valence-electron chi connectivity index (χ4n) is 1.69. The number of benzene rings is 1. The molecule has 1 N–H and O–H groups in total. The molecule has 0 fully saturated rings. The normalized spacial score (nSPS) is 10.5. The number of hydrogen-bond donors (Lipinski definition) is 1. The van der Waals surface area contributed by atoms with Crippen LogP contribution in [0, 0.1) is 0 Å². The Labute approximate surface area is 124 Å². The van der Waals surface area contributed by atoms with Crippen LogP contribution in [0.3, 0.4) is 0 Å². The molecule has 0 spiro atoms. The van der Waals surface area contributed by atoms with Crippen LogP contribution in [-0.4, -0.2) is 29.3 Å². The van der Waals surface area contributed by atoms with Gasteiger partial charge in [-0.05, 0) is 12.1 Å². The van der Waals surface area contributed by atoms with E-state index in [0.717, 1.165) is 32.2 Å². The second-order valence-electron chi connectivity index (χ2n) is 3.93. The molecule has 3 aromatic rings. The molecule has 0 aliphatic carbocycles. The number of anilines is 1. The highest BCUT2D eigenvalue weighted by Gasteiger charge is 2.11. The number of nitrogens with zero attached hydrogens (tertiary/aromatic N) is 3. The first-order valence-electron chi connectivity index (χ1n) is 5.91. The lowest BCUT2D eigenvalue weighted by Gasteiger charge is -2.00. The van der Waals surface area contributed by atoms with Crippen LogP contribution in [0.4, 0.5) is 5.13 Å². The van der Waals surface area contributed by atoms with Crippen LogP contribution in [0.25, 0.3) is 21.3 Å². The van der Waals surface area contributed by atoms with Crippen LogP contribution in [0.2, 0.25) is 0 Å². The number of nitrogens with one attached hydrogen (secondary N) is 1. The summed E-state index contributed by atoms with van der Waals surface area (Å²) in [6.07, 6.45) is 0. The van der Waals surface area contributed by atoms with Crippen LogP contribution in [0.1, 0.15) is 0 Å². The van der Waals surface area contributed by atoms with Gasteiger partial charge in [0.2, 0.25) is 5.13 Å². The highest BCUT2D eigenvalue weighted by atomic mass is 32.1. The molecule has 0 saturated carbocycles. The molecule has 20 heavy (non-hydrogen) atoms. The molecule has 0 unspecified atom stereocenters. The average Bonchev–Trinajstić information content (AvgIpc) is 3.15. The summed E-state index contributed by atoms with van der Waals surface area (Å²) in [6, 6.07) is 7.87. The van der Waals surface area contributed by atoms with Crippen molar-refractivity contribution in [3.05, 3.63) is 29.6 Å². The van der Waals surface area contributed by atoms with Crippen molar-refractivity contribution in [3.63, 3.8) is 0 Å². The van der Waals surface area contributed by atoms with Crippen molar-refractivity contribution in [1.29, 1.82) is 0 Å². The largest absolute Gasteiger partial charge is 0.497 e. The van der Waals surface area contributed by atoms with Crippen LogP contribution in [0.5, 0.6) is 5.75 Å². The van der Waals surface area contributed by atoms with Crippen LogP contribution in [0.15, 0.2) is 29.6 Å². The monoisotopic (exact) mass is 304 g/mol. The summed E-state index contributed by atoms with van der Waals surface area (Å²) in [5.74, 6) is 0.827. The van der Waals surface area contributed by atoms with E-state index in [4.69, 9.17) is 4.74 Å². The fraction of sp³-hybridized carbons (Fsp3) is 0.154. The van der Waals surface area contributed by atoms with E-state index in [1.807, 2.05) is 36.7 Å². The number of thiazole rings is 1. The van der Waals surface area contributed by atoms with E-state index in [-0.39, 0.29) is 0 Å². The third-order valence-electron chi connectivity index (χ3n) is 2.68. The molecule has 2 heterocycles. The van der Waals surface area contributed by atoms with Gasteiger partial charge in [-0.3, -0.25) is 0 Å². The van der Waals surface area contributed by atoms with Crippen molar-refractivity contribution >= 4 is 27.8 Å². The number of methoxy groups -OCH3 is 1. The Morgan fingerprint density at radius 2 is 2.10 bits per heavy atom. The maximum Gasteiger partial charge on any atom is 0.205 e. The molecule has 102 valence electrons. The highest BCUT2D eigenvalue weighted by Crippen LogP contribution is 2.32. The number of aromatic nitrogens is 3. The lowest BCUT2D eigenvalue weighted by atomic mass is 10.2. The second-order valence-corrected chi connectivity index (χ2v) is 5.77. The second kappa shape index (κ2) is 5.56. The summed E-state index contributed by atoms with van der Waals surface area (Å²) < 4.78 is 5.23. The van der Waals surface area contributed by atoms with E-state index < -0.39 is 0 Å². The van der Waals surface area contributed by atoms with Crippen molar-refractivity contribution in [2.45, 2.75) is 0 Å². The van der Waals surface area contributed by atoms with Gasteiger partial charge in [0.1, 0.15) is 16.5 Å². The van der Waals surface area contributed by atoms with Gasteiger partial charge in [-0.2, -0.15) is 0 Å². The number of hydrogen-bond acceptors (Lipinski definition) is 7. The summed E-state index contributed by atoms with van der Waals surface area (Å²) in [5, 5.41) is 15.7. The molecule has 2 aromatic heterocycles. The molecular weight excluding hydrogens is 292 g/mol. The SMILES string of the molecule is CNc1nnc(-c2csc(-c3cccc(OC)c3)n2)s1. The molecule has 0 atom stereocenters. The Morgan fingerprint density at radius 3 is 2.85 bits per heavy atom. The Balaban J connectivity index is 1.93. The van der Waals surface area contributed by atoms with Gasteiger partial charge in [0.25, 0.3) is 0 Å². The first-order valence-corrected chi connectivity index (χ1v) is 7.61. The zero-order valence-corrected chi connectivity index (χ0v) is 12.6. The van der Waals surface area contributed by atoms with Gasteiger partial charge in [0.05, 0.1) is 7.11 Å². The van der Waals surface area contributed by atoms with E-state index in [2.05, 4.69) is 20.5 Å². The Hall–Kier alpha value is -1.99. The van der Waals surface area contributed by atoms with E-state index >= 15 is 0 Å². The molecule has 0 radical (unpaired) electrons. The maximum absolute atomic E-state index is 5.23. The minimum Gasteiger partial charge on any atom is -0.497 e. The molecule has 1 aromatic carbocycles. The minimum absolute atomic E-state index is 0.788. The fourth-order valence-corrected chi connectivity index (χ4v) is 3.22. The molecule has 0 aliphatic rings. The van der Waals surface area contributed by atoms with Gasteiger partial charge >= 0.3 is 0 Å². The quantitative estimate of drug-likeness (QED) is 0.800. The standard InChI is InChI=1S/C13H12N4OS2/c1-14-13-17-16-12(20-13)10-7-19-11(15-10)8-4-3-5-9(6-8)18-2/h3-7H,1-2H3,(H,14,17). The van der Waals surface area contributed by atoms with Crippen molar-refractivity contribution in [2.75, 3.05) is 19.5 Å². The van der Waals surface area contributed by atoms with Crippen molar-refractivity contribution in [3.8, 4) is 27.0 Å². The molecule has 7 heteroatoms. The summed E-state index contributed by atoms with van der Waals surface area (Å²) >= 11 is 3.07. The van der Waals surface area contributed by atoms with Crippen LogP contribution in [-0.2, 0) is 0 Å². The van der Waals surface area contributed by atoms with Crippen molar-refractivity contribution < 1.29 is 4.74 Å². The molecule has 5 nitrogen and oxygen atoms in total. The van der Waals surface area contributed by atoms with Gasteiger partial charge in [0, 0.05) is 18.0 Å². The highest BCUT2D eigenvalue weighted by molar-refractivity contribution is 7.19. The third kappa shape index (κ3) is 2.50. The predicted octanol–water partition coefficient (Wildman–Crippen LogP) is 3.38. The average molecular weight is 304 g/mol. The van der Waals surface area contributed by atoms with Crippen LogP contribution < -0.4 is 10.1 Å². The Morgan fingerprint density at radius 1 is 1.20 bits per heavy atom. The predicted molar refractivity (Wildman–Crippen MR) is 82.6 cm³/mol. The zero-order chi connectivity index (χ0) is 13.9. The summed E-state index contributed by atoms with van der Waals surface area (Å²) in [4.78, 5) is 4.62. The van der Waals surface area contributed by atoms with Gasteiger partial charge in [-0.25, -0.2) is 4.98 Å². The molecule has 0 bridgehead atoms. The number of ether oxygens (including phenoxy) is 1. The Kier molecular flexibility index (Phi) is 3.62. The van der Waals surface area contributed by atoms with E-state index in [9.17, 15) is 0 Å². The summed E-state index contributed by atoms with van der Waals surface area (Å²) in [6.45, 7) is 0. The van der Waals surface area contributed by atoms with Crippen molar-refractivity contribution in [2.24, 2.45) is 0 Å². The maximum atomic E-state index is 5.23. The van der Waals surface area contributed by atoms with Gasteiger partial charge in [0.15, 0.2) is 5.01 Å². The zero-order valence-electron chi connectivity index (χ0n) is 11.0. The molecule has 3 rings (SSSR count). The topological polar surface area (TPSA) is 59.9 Å². The smallest absolute Gasteiger partial charge is 0.205 e. The van der Waals surface area contributed by atoms with E-state index in [1.54, 1.807) is 18.4 Å². The minimum atomic E-state index is 0.788. The Bertz CT molecular complexity index is 722. The summed E-state index contributed by atoms with van der Waals surface area (Å²) in [5.41, 5.74) is 1.89. The molecule has 0 aliphatic heterocycles. The first-order chi connectivity index (χ1) is 9.80.